The standard InChI is InChI=1S/C10H17NO/c1-2-7-11-8-9-12-10-5-3-4-6-10/h1,10-11H,3-9H2. The van der Waals surface area contributed by atoms with E-state index in [4.69, 9.17) is 11.2 Å². The second kappa shape index (κ2) is 6.05. The van der Waals surface area contributed by atoms with Gasteiger partial charge in [-0.2, -0.15) is 0 Å². The largest absolute Gasteiger partial charge is 0.377 e. The van der Waals surface area contributed by atoms with Crippen LogP contribution in [-0.2, 0) is 4.74 Å². The molecule has 0 saturated heterocycles. The monoisotopic (exact) mass is 167 g/mol. The molecule has 2 heteroatoms. The second-order valence-corrected chi connectivity index (χ2v) is 3.16. The van der Waals surface area contributed by atoms with Crippen LogP contribution in [0, 0.1) is 12.3 Å². The van der Waals surface area contributed by atoms with Gasteiger partial charge in [0.15, 0.2) is 0 Å². The summed E-state index contributed by atoms with van der Waals surface area (Å²) in [6, 6.07) is 0. The Morgan fingerprint density at radius 1 is 1.42 bits per heavy atom. The second-order valence-electron chi connectivity index (χ2n) is 3.16. The Balaban J connectivity index is 1.85. The Kier molecular flexibility index (Phi) is 4.82. The van der Waals surface area contributed by atoms with Crippen molar-refractivity contribution < 1.29 is 4.74 Å². The molecule has 0 atom stereocenters. The molecule has 1 fully saturated rings. The molecule has 0 aromatic heterocycles. The molecule has 0 aromatic carbocycles. The van der Waals surface area contributed by atoms with E-state index >= 15 is 0 Å². The summed E-state index contributed by atoms with van der Waals surface area (Å²) < 4.78 is 5.62. The molecule has 1 rings (SSSR count). The van der Waals surface area contributed by atoms with Crippen LogP contribution in [0.25, 0.3) is 0 Å². The summed E-state index contributed by atoms with van der Waals surface area (Å²) in [5, 5.41) is 3.10. The minimum Gasteiger partial charge on any atom is -0.377 e. The lowest BCUT2D eigenvalue weighted by molar-refractivity contribution is 0.0609. The van der Waals surface area contributed by atoms with Crippen molar-refractivity contribution in [1.82, 2.24) is 5.32 Å². The van der Waals surface area contributed by atoms with Crippen LogP contribution in [0.15, 0.2) is 0 Å². The molecule has 68 valence electrons. The van der Waals surface area contributed by atoms with E-state index in [1.165, 1.54) is 25.7 Å². The van der Waals surface area contributed by atoms with Crippen molar-refractivity contribution in [3.8, 4) is 12.3 Å². The minimum absolute atomic E-state index is 0.526. The topological polar surface area (TPSA) is 21.3 Å². The number of hydrogen-bond acceptors (Lipinski definition) is 2. The third-order valence-corrected chi connectivity index (χ3v) is 2.16. The van der Waals surface area contributed by atoms with E-state index in [9.17, 15) is 0 Å². The summed E-state index contributed by atoms with van der Waals surface area (Å²) in [5.74, 6) is 2.53. The first-order valence-electron chi connectivity index (χ1n) is 4.69. The average Bonchev–Trinajstić information content (AvgIpc) is 2.57. The minimum atomic E-state index is 0.526. The van der Waals surface area contributed by atoms with Gasteiger partial charge in [-0.05, 0) is 12.8 Å². The molecular weight excluding hydrogens is 150 g/mol. The van der Waals surface area contributed by atoms with Crippen molar-refractivity contribution in [1.29, 1.82) is 0 Å². The molecule has 1 saturated carbocycles. The fourth-order valence-corrected chi connectivity index (χ4v) is 1.51. The molecule has 1 aliphatic carbocycles. The smallest absolute Gasteiger partial charge is 0.0595 e. The molecule has 0 unspecified atom stereocenters. The first kappa shape index (κ1) is 9.57. The molecule has 0 radical (unpaired) electrons. The maximum absolute atomic E-state index is 5.62. The van der Waals surface area contributed by atoms with E-state index < -0.39 is 0 Å². The molecular formula is C10H17NO. The van der Waals surface area contributed by atoms with Gasteiger partial charge in [0, 0.05) is 6.54 Å². The Morgan fingerprint density at radius 2 is 2.17 bits per heavy atom. The van der Waals surface area contributed by atoms with Crippen LogP contribution >= 0.6 is 0 Å². The molecule has 1 N–H and O–H groups in total. The summed E-state index contributed by atoms with van der Waals surface area (Å²) in [6.07, 6.45) is 10.8. The fourth-order valence-electron chi connectivity index (χ4n) is 1.51. The molecule has 1 aliphatic rings. The lowest BCUT2D eigenvalue weighted by Crippen LogP contribution is -2.22. The van der Waals surface area contributed by atoms with Gasteiger partial charge in [-0.1, -0.05) is 18.8 Å². The zero-order chi connectivity index (χ0) is 8.65. The van der Waals surface area contributed by atoms with Crippen molar-refractivity contribution >= 4 is 0 Å². The SMILES string of the molecule is C#CCNCCOC1CCCC1. The first-order chi connectivity index (χ1) is 5.93. The van der Waals surface area contributed by atoms with E-state index in [0.717, 1.165) is 13.2 Å². The van der Waals surface area contributed by atoms with Crippen molar-refractivity contribution in [3.05, 3.63) is 0 Å². The Bertz CT molecular complexity index is 144. The molecule has 0 bridgehead atoms. The maximum atomic E-state index is 5.62. The van der Waals surface area contributed by atoms with Crippen LogP contribution in [0.3, 0.4) is 0 Å². The van der Waals surface area contributed by atoms with Gasteiger partial charge in [0.2, 0.25) is 0 Å². The molecule has 0 spiro atoms. The van der Waals surface area contributed by atoms with E-state index in [0.29, 0.717) is 12.6 Å². The van der Waals surface area contributed by atoms with Crippen LogP contribution in [-0.4, -0.2) is 25.8 Å². The summed E-state index contributed by atoms with van der Waals surface area (Å²) >= 11 is 0. The number of nitrogens with one attached hydrogen (secondary N) is 1. The van der Waals surface area contributed by atoms with E-state index in [1.54, 1.807) is 0 Å². The summed E-state index contributed by atoms with van der Waals surface area (Å²) in [6.45, 7) is 2.32. The Hall–Kier alpha value is -0.520. The predicted octanol–water partition coefficient (Wildman–Crippen LogP) is 1.17. The van der Waals surface area contributed by atoms with Crippen LogP contribution in [0.4, 0.5) is 0 Å². The van der Waals surface area contributed by atoms with Crippen molar-refractivity contribution in [2.24, 2.45) is 0 Å². The highest BCUT2D eigenvalue weighted by Crippen LogP contribution is 2.20. The van der Waals surface area contributed by atoms with E-state index in [1.807, 2.05) is 0 Å². The van der Waals surface area contributed by atoms with Crippen molar-refractivity contribution in [3.63, 3.8) is 0 Å². The predicted molar refractivity (Wildman–Crippen MR) is 49.9 cm³/mol. The molecule has 0 heterocycles. The molecule has 12 heavy (non-hydrogen) atoms. The molecule has 0 aromatic rings. The summed E-state index contributed by atoms with van der Waals surface area (Å²) in [5.41, 5.74) is 0. The van der Waals surface area contributed by atoms with E-state index in [-0.39, 0.29) is 0 Å². The highest BCUT2D eigenvalue weighted by Gasteiger charge is 2.14. The van der Waals surface area contributed by atoms with Crippen molar-refractivity contribution in [2.45, 2.75) is 31.8 Å². The zero-order valence-corrected chi connectivity index (χ0v) is 7.51. The number of ether oxygens (including phenoxy) is 1. The van der Waals surface area contributed by atoms with Crippen LogP contribution in [0.2, 0.25) is 0 Å². The molecule has 0 amide bonds. The van der Waals surface area contributed by atoms with Gasteiger partial charge in [-0.15, -0.1) is 6.42 Å². The van der Waals surface area contributed by atoms with Crippen LogP contribution < -0.4 is 5.32 Å². The van der Waals surface area contributed by atoms with Gasteiger partial charge in [0.05, 0.1) is 19.3 Å². The quantitative estimate of drug-likeness (QED) is 0.490. The Labute approximate surface area is 74.7 Å². The Morgan fingerprint density at radius 3 is 2.83 bits per heavy atom. The number of rotatable bonds is 5. The zero-order valence-electron chi connectivity index (χ0n) is 7.51. The van der Waals surface area contributed by atoms with E-state index in [2.05, 4.69) is 11.2 Å². The van der Waals surface area contributed by atoms with Gasteiger partial charge >= 0.3 is 0 Å². The average molecular weight is 167 g/mol. The number of terminal acetylenes is 1. The van der Waals surface area contributed by atoms with Gasteiger partial charge in [0.1, 0.15) is 0 Å². The molecule has 2 nitrogen and oxygen atoms in total. The normalized spacial score (nSPS) is 17.9. The van der Waals surface area contributed by atoms with Gasteiger partial charge in [-0.3, -0.25) is 0 Å². The highest BCUT2D eigenvalue weighted by molar-refractivity contribution is 4.86. The maximum Gasteiger partial charge on any atom is 0.0595 e. The first-order valence-corrected chi connectivity index (χ1v) is 4.69. The van der Waals surface area contributed by atoms with Crippen molar-refractivity contribution in [2.75, 3.05) is 19.7 Å². The van der Waals surface area contributed by atoms with Gasteiger partial charge in [0.25, 0.3) is 0 Å². The number of hydrogen-bond donors (Lipinski definition) is 1. The lowest BCUT2D eigenvalue weighted by atomic mass is 10.3. The fraction of sp³-hybridized carbons (Fsp3) is 0.800. The van der Waals surface area contributed by atoms with Gasteiger partial charge in [-0.25, -0.2) is 0 Å². The van der Waals surface area contributed by atoms with Crippen LogP contribution in [0.1, 0.15) is 25.7 Å². The molecule has 0 aliphatic heterocycles. The summed E-state index contributed by atoms with van der Waals surface area (Å²) in [4.78, 5) is 0. The highest BCUT2D eigenvalue weighted by atomic mass is 16.5. The van der Waals surface area contributed by atoms with Gasteiger partial charge < -0.3 is 10.1 Å². The lowest BCUT2D eigenvalue weighted by Gasteiger charge is -2.10. The summed E-state index contributed by atoms with van der Waals surface area (Å²) in [7, 11) is 0. The third kappa shape index (κ3) is 3.75. The third-order valence-electron chi connectivity index (χ3n) is 2.16. The van der Waals surface area contributed by atoms with Crippen LogP contribution in [0.5, 0.6) is 0 Å².